The zero-order chi connectivity index (χ0) is 13.5. The van der Waals surface area contributed by atoms with Crippen molar-refractivity contribution in [3.63, 3.8) is 0 Å². The smallest absolute Gasteiger partial charge is 0.224 e. The van der Waals surface area contributed by atoms with Gasteiger partial charge in [-0.3, -0.25) is 9.78 Å². The molecule has 5 nitrogen and oxygen atoms in total. The lowest BCUT2D eigenvalue weighted by atomic mass is 9.97. The number of anilines is 1. The van der Waals surface area contributed by atoms with E-state index in [0.717, 1.165) is 51.1 Å². The Bertz CT molecular complexity index is 396. The Morgan fingerprint density at radius 2 is 2.42 bits per heavy atom. The van der Waals surface area contributed by atoms with Crippen molar-refractivity contribution in [2.75, 3.05) is 24.5 Å². The third-order valence-electron chi connectivity index (χ3n) is 3.50. The van der Waals surface area contributed by atoms with Gasteiger partial charge >= 0.3 is 0 Å². The number of amides is 1. The standard InChI is InChI=1S/C14H22N4O/c1-2-3-6-17-14(19)12-5-4-9-18(11-12)13-10-15-7-8-16-13/h7-8,10,12H,2-6,9,11H2,1H3,(H,17,19)/t12-/m1/s1. The summed E-state index contributed by atoms with van der Waals surface area (Å²) in [6.07, 6.45) is 9.28. The van der Waals surface area contributed by atoms with Crippen molar-refractivity contribution in [1.29, 1.82) is 0 Å². The van der Waals surface area contributed by atoms with E-state index in [2.05, 4.69) is 27.1 Å². The monoisotopic (exact) mass is 262 g/mol. The highest BCUT2D eigenvalue weighted by molar-refractivity contribution is 5.79. The van der Waals surface area contributed by atoms with Gasteiger partial charge in [0.1, 0.15) is 5.82 Å². The number of aromatic nitrogens is 2. The van der Waals surface area contributed by atoms with Gasteiger partial charge < -0.3 is 10.2 Å². The second-order valence-corrected chi connectivity index (χ2v) is 4.99. The van der Waals surface area contributed by atoms with Crippen LogP contribution in [-0.4, -0.2) is 35.5 Å². The summed E-state index contributed by atoms with van der Waals surface area (Å²) in [5.74, 6) is 1.13. The highest BCUT2D eigenvalue weighted by atomic mass is 16.1. The fourth-order valence-corrected chi connectivity index (χ4v) is 2.39. The highest BCUT2D eigenvalue weighted by Crippen LogP contribution is 2.20. The van der Waals surface area contributed by atoms with Gasteiger partial charge in [0.2, 0.25) is 5.91 Å². The molecule has 5 heteroatoms. The summed E-state index contributed by atoms with van der Waals surface area (Å²) < 4.78 is 0. The molecule has 19 heavy (non-hydrogen) atoms. The van der Waals surface area contributed by atoms with Crippen molar-refractivity contribution in [3.8, 4) is 0 Å². The predicted octanol–water partition coefficient (Wildman–Crippen LogP) is 1.61. The van der Waals surface area contributed by atoms with Gasteiger partial charge in [-0.1, -0.05) is 13.3 Å². The molecule has 1 aromatic heterocycles. The third kappa shape index (κ3) is 3.91. The van der Waals surface area contributed by atoms with Gasteiger partial charge in [0.25, 0.3) is 0 Å². The third-order valence-corrected chi connectivity index (χ3v) is 3.50. The number of carbonyl (C=O) groups excluding carboxylic acids is 1. The molecule has 104 valence electrons. The molecule has 0 bridgehead atoms. The summed E-state index contributed by atoms with van der Waals surface area (Å²) in [6, 6.07) is 0. The molecule has 0 radical (unpaired) electrons. The van der Waals surface area contributed by atoms with Crippen LogP contribution in [0.4, 0.5) is 5.82 Å². The summed E-state index contributed by atoms with van der Waals surface area (Å²) in [5.41, 5.74) is 0. The Morgan fingerprint density at radius 3 is 3.16 bits per heavy atom. The first-order chi connectivity index (χ1) is 9.31. The van der Waals surface area contributed by atoms with E-state index >= 15 is 0 Å². The lowest BCUT2D eigenvalue weighted by Gasteiger charge is -2.32. The topological polar surface area (TPSA) is 58.1 Å². The minimum atomic E-state index is 0.0765. The predicted molar refractivity (Wildman–Crippen MR) is 74.9 cm³/mol. The molecule has 1 N–H and O–H groups in total. The van der Waals surface area contributed by atoms with Crippen LogP contribution in [0.3, 0.4) is 0 Å². The van der Waals surface area contributed by atoms with Crippen LogP contribution in [0.5, 0.6) is 0 Å². The molecule has 0 saturated carbocycles. The Morgan fingerprint density at radius 1 is 1.53 bits per heavy atom. The molecule has 1 saturated heterocycles. The van der Waals surface area contributed by atoms with Crippen LogP contribution in [0.2, 0.25) is 0 Å². The van der Waals surface area contributed by atoms with E-state index in [1.807, 2.05) is 0 Å². The van der Waals surface area contributed by atoms with Crippen LogP contribution < -0.4 is 10.2 Å². The molecule has 0 aromatic carbocycles. The maximum atomic E-state index is 12.1. The van der Waals surface area contributed by atoms with E-state index in [1.54, 1.807) is 18.6 Å². The lowest BCUT2D eigenvalue weighted by molar-refractivity contribution is -0.125. The first kappa shape index (κ1) is 13.8. The molecule has 1 aromatic rings. The molecule has 1 amide bonds. The van der Waals surface area contributed by atoms with Crippen LogP contribution in [0, 0.1) is 5.92 Å². The number of nitrogens with one attached hydrogen (secondary N) is 1. The van der Waals surface area contributed by atoms with Crippen molar-refractivity contribution < 1.29 is 4.79 Å². The second-order valence-electron chi connectivity index (χ2n) is 4.99. The van der Waals surface area contributed by atoms with Gasteiger partial charge in [-0.2, -0.15) is 0 Å². The van der Waals surface area contributed by atoms with Crippen molar-refractivity contribution in [3.05, 3.63) is 18.6 Å². The molecule has 0 unspecified atom stereocenters. The summed E-state index contributed by atoms with van der Waals surface area (Å²) in [7, 11) is 0. The number of piperidine rings is 1. The van der Waals surface area contributed by atoms with Gasteiger partial charge in [-0.05, 0) is 19.3 Å². The Hall–Kier alpha value is -1.65. The quantitative estimate of drug-likeness (QED) is 0.819. The number of rotatable bonds is 5. The molecule has 2 rings (SSSR count). The number of hydrogen-bond donors (Lipinski definition) is 1. The van der Waals surface area contributed by atoms with Crippen LogP contribution >= 0.6 is 0 Å². The van der Waals surface area contributed by atoms with E-state index in [-0.39, 0.29) is 11.8 Å². The van der Waals surface area contributed by atoms with E-state index in [0.29, 0.717) is 0 Å². The SMILES string of the molecule is CCCCNC(=O)[C@@H]1CCCN(c2cnccn2)C1. The zero-order valence-corrected chi connectivity index (χ0v) is 11.5. The highest BCUT2D eigenvalue weighted by Gasteiger charge is 2.26. The number of carbonyl (C=O) groups is 1. The molecular weight excluding hydrogens is 240 g/mol. The minimum absolute atomic E-state index is 0.0765. The van der Waals surface area contributed by atoms with E-state index in [4.69, 9.17) is 0 Å². The van der Waals surface area contributed by atoms with Crippen molar-refractivity contribution >= 4 is 11.7 Å². The Balaban J connectivity index is 1.88. The average Bonchev–Trinajstić information content (AvgIpc) is 2.48. The van der Waals surface area contributed by atoms with E-state index in [9.17, 15) is 4.79 Å². The summed E-state index contributed by atoms with van der Waals surface area (Å²) in [6.45, 7) is 4.62. The second kappa shape index (κ2) is 7.07. The minimum Gasteiger partial charge on any atom is -0.356 e. The first-order valence-electron chi connectivity index (χ1n) is 7.10. The number of nitrogens with zero attached hydrogens (tertiary/aromatic N) is 3. The number of unbranched alkanes of at least 4 members (excludes halogenated alkanes) is 1. The van der Waals surface area contributed by atoms with Crippen LogP contribution in [0.15, 0.2) is 18.6 Å². The maximum absolute atomic E-state index is 12.1. The number of hydrogen-bond acceptors (Lipinski definition) is 4. The maximum Gasteiger partial charge on any atom is 0.224 e. The van der Waals surface area contributed by atoms with Gasteiger partial charge in [-0.15, -0.1) is 0 Å². The Kier molecular flexibility index (Phi) is 5.12. The normalized spacial score (nSPS) is 19.2. The first-order valence-corrected chi connectivity index (χ1v) is 7.10. The van der Waals surface area contributed by atoms with Crippen molar-refractivity contribution in [2.24, 2.45) is 5.92 Å². The molecule has 0 spiro atoms. The lowest BCUT2D eigenvalue weighted by Crippen LogP contribution is -2.43. The molecular formula is C14H22N4O. The van der Waals surface area contributed by atoms with E-state index < -0.39 is 0 Å². The van der Waals surface area contributed by atoms with Gasteiger partial charge in [0, 0.05) is 32.0 Å². The van der Waals surface area contributed by atoms with Crippen LogP contribution in [0.1, 0.15) is 32.6 Å². The zero-order valence-electron chi connectivity index (χ0n) is 11.5. The van der Waals surface area contributed by atoms with Gasteiger partial charge in [0.05, 0.1) is 12.1 Å². The molecule has 1 aliphatic rings. The average molecular weight is 262 g/mol. The summed E-state index contributed by atoms with van der Waals surface area (Å²) in [5, 5.41) is 3.02. The van der Waals surface area contributed by atoms with Crippen molar-refractivity contribution in [2.45, 2.75) is 32.6 Å². The fraction of sp³-hybridized carbons (Fsp3) is 0.643. The summed E-state index contributed by atoms with van der Waals surface area (Å²) in [4.78, 5) is 22.6. The van der Waals surface area contributed by atoms with Crippen LogP contribution in [-0.2, 0) is 4.79 Å². The van der Waals surface area contributed by atoms with Gasteiger partial charge in [0.15, 0.2) is 0 Å². The molecule has 1 fully saturated rings. The van der Waals surface area contributed by atoms with E-state index in [1.165, 1.54) is 0 Å². The largest absolute Gasteiger partial charge is 0.356 e. The van der Waals surface area contributed by atoms with Gasteiger partial charge in [-0.25, -0.2) is 4.98 Å². The summed E-state index contributed by atoms with van der Waals surface area (Å²) >= 11 is 0. The molecule has 2 heterocycles. The van der Waals surface area contributed by atoms with Crippen molar-refractivity contribution in [1.82, 2.24) is 15.3 Å². The molecule has 0 aliphatic carbocycles. The molecule has 1 aliphatic heterocycles. The fourth-order valence-electron chi connectivity index (χ4n) is 2.39. The van der Waals surface area contributed by atoms with Crippen LogP contribution in [0.25, 0.3) is 0 Å². The Labute approximate surface area is 114 Å². The molecule has 1 atom stereocenters.